The highest BCUT2D eigenvalue weighted by Gasteiger charge is 2.27. The summed E-state index contributed by atoms with van der Waals surface area (Å²) in [6.45, 7) is 0. The number of para-hydroxylation sites is 2. The van der Waals surface area contributed by atoms with Gasteiger partial charge in [0.2, 0.25) is 0 Å². The van der Waals surface area contributed by atoms with E-state index in [0.717, 1.165) is 78.5 Å². The molecule has 0 radical (unpaired) electrons. The lowest BCUT2D eigenvalue weighted by atomic mass is 9.91. The summed E-state index contributed by atoms with van der Waals surface area (Å²) in [6, 6.07) is 58.7. The minimum Gasteiger partial charge on any atom is -0.456 e. The van der Waals surface area contributed by atoms with Crippen LogP contribution >= 0.6 is 11.3 Å². The van der Waals surface area contributed by atoms with Crippen molar-refractivity contribution in [3.05, 3.63) is 193 Å². The first kappa shape index (κ1) is 31.5. The van der Waals surface area contributed by atoms with Gasteiger partial charge in [0, 0.05) is 54.2 Å². The summed E-state index contributed by atoms with van der Waals surface area (Å²) in [7, 11) is 0. The molecular weight excluding hydrogens is 703 g/mol. The monoisotopic (exact) mass is 735 g/mol. The van der Waals surface area contributed by atoms with E-state index in [1.165, 1.54) is 36.5 Å². The molecule has 0 fully saturated rings. The third-order valence-corrected chi connectivity index (χ3v) is 12.8. The van der Waals surface area contributed by atoms with E-state index in [9.17, 15) is 0 Å². The van der Waals surface area contributed by atoms with Crippen LogP contribution in [0.25, 0.3) is 85.9 Å². The zero-order chi connectivity index (χ0) is 36.7. The number of fused-ring (bicyclic) bond motifs is 10. The molecule has 4 heteroatoms. The number of thiophene rings is 1. The van der Waals surface area contributed by atoms with Crippen LogP contribution in [0.1, 0.15) is 17.9 Å². The van der Waals surface area contributed by atoms with Gasteiger partial charge in [-0.15, -0.1) is 11.3 Å². The standard InChI is InChI=1S/C52H33NO2S/c1-2-13-32(14-3-1)35-17-10-18-37(30-35)53(44-24-12-22-40-38-19-7-9-26-47(38)56-52(40)44)43-23-11-21-39-42-31-46-49(41-20-6-8-25-45(41)54-46)48(51(42)55-50(39)43)36-28-27-33-15-4-5-16-34(33)29-36/h1-16,18-31,35H,17H2. The molecule has 11 aromatic rings. The Morgan fingerprint density at radius 3 is 2.20 bits per heavy atom. The number of nitrogens with zero attached hydrogens (tertiary/aromatic N) is 1. The van der Waals surface area contributed by atoms with E-state index >= 15 is 0 Å². The van der Waals surface area contributed by atoms with Crippen LogP contribution in [0.15, 0.2) is 197 Å². The second-order valence-corrected chi connectivity index (χ2v) is 15.8. The zero-order valence-corrected chi connectivity index (χ0v) is 31.1. The highest BCUT2D eigenvalue weighted by molar-refractivity contribution is 7.26. The molecule has 56 heavy (non-hydrogen) atoms. The van der Waals surface area contributed by atoms with Gasteiger partial charge in [0.05, 0.1) is 16.1 Å². The molecule has 0 saturated carbocycles. The summed E-state index contributed by atoms with van der Waals surface area (Å²) in [5.74, 6) is 0.245. The fourth-order valence-corrected chi connectivity index (χ4v) is 10.2. The molecule has 1 aliphatic rings. The van der Waals surface area contributed by atoms with Gasteiger partial charge in [0.15, 0.2) is 5.58 Å². The van der Waals surface area contributed by atoms with Gasteiger partial charge in [0.25, 0.3) is 0 Å². The van der Waals surface area contributed by atoms with Crippen molar-refractivity contribution in [2.75, 3.05) is 4.90 Å². The molecule has 3 heterocycles. The topological polar surface area (TPSA) is 29.5 Å². The lowest BCUT2D eigenvalue weighted by molar-refractivity contribution is 0.664. The van der Waals surface area contributed by atoms with Crippen molar-refractivity contribution >= 4 is 97.5 Å². The lowest BCUT2D eigenvalue weighted by Gasteiger charge is -2.30. The van der Waals surface area contributed by atoms with Crippen LogP contribution in [0.5, 0.6) is 0 Å². The summed E-state index contributed by atoms with van der Waals surface area (Å²) in [4.78, 5) is 2.43. The van der Waals surface area contributed by atoms with Gasteiger partial charge in [-0.25, -0.2) is 0 Å². The summed E-state index contributed by atoms with van der Waals surface area (Å²) in [5.41, 5.74) is 10.1. The van der Waals surface area contributed by atoms with E-state index in [4.69, 9.17) is 8.83 Å². The number of benzene rings is 8. The van der Waals surface area contributed by atoms with E-state index in [1.54, 1.807) is 0 Å². The SMILES string of the molecule is C1=CC(N(c2cccc3c2oc2c(-c4ccc5ccccc5c4)c4c(cc23)oc2ccccc24)c2cccc3c2sc2ccccc23)=CC(c2ccccc2)C1. The van der Waals surface area contributed by atoms with E-state index in [1.807, 2.05) is 17.4 Å². The molecule has 0 N–H and O–H groups in total. The van der Waals surface area contributed by atoms with Gasteiger partial charge < -0.3 is 13.7 Å². The number of furan rings is 2. The average Bonchev–Trinajstić information content (AvgIpc) is 3.95. The van der Waals surface area contributed by atoms with Gasteiger partial charge in [0.1, 0.15) is 16.7 Å². The van der Waals surface area contributed by atoms with Crippen molar-refractivity contribution in [2.45, 2.75) is 12.3 Å². The molecular formula is C52H33NO2S. The molecule has 3 aromatic heterocycles. The molecule has 1 aliphatic carbocycles. The molecule has 0 bridgehead atoms. The van der Waals surface area contributed by atoms with Crippen LogP contribution in [0, 0.1) is 0 Å². The first-order chi connectivity index (χ1) is 27.8. The Kier molecular flexibility index (Phi) is 6.92. The van der Waals surface area contributed by atoms with Crippen LogP contribution in [-0.2, 0) is 0 Å². The highest BCUT2D eigenvalue weighted by atomic mass is 32.1. The van der Waals surface area contributed by atoms with E-state index in [-0.39, 0.29) is 5.92 Å². The molecule has 8 aromatic carbocycles. The third kappa shape index (κ3) is 4.76. The minimum absolute atomic E-state index is 0.245. The quantitative estimate of drug-likeness (QED) is 0.176. The van der Waals surface area contributed by atoms with Crippen molar-refractivity contribution in [3.63, 3.8) is 0 Å². The van der Waals surface area contributed by atoms with Gasteiger partial charge in [-0.05, 0) is 70.8 Å². The summed E-state index contributed by atoms with van der Waals surface area (Å²) in [5, 5.41) is 9.17. The Morgan fingerprint density at radius 2 is 1.29 bits per heavy atom. The number of rotatable bonds is 5. The summed E-state index contributed by atoms with van der Waals surface area (Å²) >= 11 is 1.85. The molecule has 0 saturated heterocycles. The van der Waals surface area contributed by atoms with E-state index < -0.39 is 0 Å². The molecule has 0 amide bonds. The van der Waals surface area contributed by atoms with Gasteiger partial charge in [-0.1, -0.05) is 140 Å². The van der Waals surface area contributed by atoms with Crippen LogP contribution in [0.3, 0.4) is 0 Å². The molecule has 12 rings (SSSR count). The minimum atomic E-state index is 0.245. The fourth-order valence-electron chi connectivity index (χ4n) is 8.98. The van der Waals surface area contributed by atoms with Gasteiger partial charge in [-0.2, -0.15) is 0 Å². The summed E-state index contributed by atoms with van der Waals surface area (Å²) in [6.07, 6.45) is 7.99. The molecule has 3 nitrogen and oxygen atoms in total. The van der Waals surface area contributed by atoms with Gasteiger partial charge >= 0.3 is 0 Å². The number of anilines is 2. The van der Waals surface area contributed by atoms with Crippen LogP contribution < -0.4 is 4.90 Å². The first-order valence-corrected chi connectivity index (χ1v) is 20.0. The Bertz CT molecular complexity index is 3420. The molecule has 1 atom stereocenters. The lowest BCUT2D eigenvalue weighted by Crippen LogP contribution is -2.18. The van der Waals surface area contributed by atoms with Crippen molar-refractivity contribution in [1.82, 2.24) is 0 Å². The smallest absolute Gasteiger partial charge is 0.159 e. The van der Waals surface area contributed by atoms with Crippen LogP contribution in [0.2, 0.25) is 0 Å². The maximum atomic E-state index is 7.35. The number of hydrogen-bond acceptors (Lipinski definition) is 4. The Labute approximate surface area is 326 Å². The van der Waals surface area contributed by atoms with Gasteiger partial charge in [-0.3, -0.25) is 0 Å². The Morgan fingerprint density at radius 1 is 0.536 bits per heavy atom. The van der Waals surface area contributed by atoms with Crippen LogP contribution in [-0.4, -0.2) is 0 Å². The normalized spacial score (nSPS) is 14.6. The summed E-state index contributed by atoms with van der Waals surface area (Å²) < 4.78 is 16.5. The maximum absolute atomic E-state index is 7.35. The largest absolute Gasteiger partial charge is 0.456 e. The fraction of sp³-hybridized carbons (Fsp3) is 0.0385. The van der Waals surface area contributed by atoms with Crippen LogP contribution in [0.4, 0.5) is 11.4 Å². The van der Waals surface area contributed by atoms with E-state index in [2.05, 4.69) is 181 Å². The average molecular weight is 736 g/mol. The maximum Gasteiger partial charge on any atom is 0.159 e. The van der Waals surface area contributed by atoms with Crippen molar-refractivity contribution < 1.29 is 8.83 Å². The second-order valence-electron chi connectivity index (χ2n) is 14.8. The third-order valence-electron chi connectivity index (χ3n) is 11.5. The Hall–Kier alpha value is -6.88. The van der Waals surface area contributed by atoms with Crippen molar-refractivity contribution in [2.24, 2.45) is 0 Å². The number of allylic oxidation sites excluding steroid dienone is 3. The molecule has 264 valence electrons. The predicted octanol–water partition coefficient (Wildman–Crippen LogP) is 15.4. The van der Waals surface area contributed by atoms with E-state index in [0.29, 0.717) is 0 Å². The second kappa shape index (κ2) is 12.3. The number of hydrogen-bond donors (Lipinski definition) is 0. The zero-order valence-electron chi connectivity index (χ0n) is 30.3. The molecule has 0 aliphatic heterocycles. The molecule has 1 unspecified atom stereocenters. The first-order valence-electron chi connectivity index (χ1n) is 19.2. The predicted molar refractivity (Wildman–Crippen MR) is 236 cm³/mol. The van der Waals surface area contributed by atoms with Crippen molar-refractivity contribution in [3.8, 4) is 11.1 Å². The van der Waals surface area contributed by atoms with Crippen molar-refractivity contribution in [1.29, 1.82) is 0 Å². The molecule has 0 spiro atoms. The Balaban J connectivity index is 1.17. The highest BCUT2D eigenvalue weighted by Crippen LogP contribution is 2.50.